The molecule has 0 saturated heterocycles. The SMILES string of the molecule is COc1cccc(N(C)CC(Cl)C#N)c1. The summed E-state index contributed by atoms with van der Waals surface area (Å²) in [4.78, 5) is 1.92. The van der Waals surface area contributed by atoms with Crippen LogP contribution in [0.15, 0.2) is 24.3 Å². The number of rotatable bonds is 4. The number of methoxy groups -OCH3 is 1. The molecule has 15 heavy (non-hydrogen) atoms. The summed E-state index contributed by atoms with van der Waals surface area (Å²) < 4.78 is 5.11. The first-order chi connectivity index (χ1) is 7.17. The molecule has 0 fully saturated rings. The van der Waals surface area contributed by atoms with Gasteiger partial charge in [-0.15, -0.1) is 11.6 Å². The zero-order valence-corrected chi connectivity index (χ0v) is 9.53. The quantitative estimate of drug-likeness (QED) is 0.737. The lowest BCUT2D eigenvalue weighted by Gasteiger charge is -2.19. The molecule has 0 saturated carbocycles. The Hall–Kier alpha value is -1.40. The third kappa shape index (κ3) is 3.34. The highest BCUT2D eigenvalue weighted by atomic mass is 35.5. The number of nitrogens with zero attached hydrogens (tertiary/aromatic N) is 2. The second kappa shape index (κ2) is 5.47. The van der Waals surface area contributed by atoms with E-state index in [-0.39, 0.29) is 0 Å². The maximum Gasteiger partial charge on any atom is 0.137 e. The van der Waals surface area contributed by atoms with Crippen LogP contribution in [0, 0.1) is 11.3 Å². The highest BCUT2D eigenvalue weighted by Crippen LogP contribution is 2.20. The van der Waals surface area contributed by atoms with Crippen molar-refractivity contribution >= 4 is 17.3 Å². The van der Waals surface area contributed by atoms with E-state index in [4.69, 9.17) is 21.6 Å². The second-order valence-corrected chi connectivity index (χ2v) is 3.71. The molecular formula is C11H13ClN2O. The number of alkyl halides is 1. The van der Waals surface area contributed by atoms with Crippen molar-refractivity contribution in [2.75, 3.05) is 25.6 Å². The summed E-state index contributed by atoms with van der Waals surface area (Å²) in [7, 11) is 3.51. The van der Waals surface area contributed by atoms with E-state index < -0.39 is 5.38 Å². The Labute approximate surface area is 94.8 Å². The average molecular weight is 225 g/mol. The zero-order valence-electron chi connectivity index (χ0n) is 8.77. The molecule has 80 valence electrons. The first-order valence-corrected chi connectivity index (χ1v) is 5.00. The van der Waals surface area contributed by atoms with E-state index in [0.717, 1.165) is 11.4 Å². The smallest absolute Gasteiger partial charge is 0.137 e. The molecule has 0 amide bonds. The van der Waals surface area contributed by atoms with Crippen molar-refractivity contribution in [1.29, 1.82) is 5.26 Å². The van der Waals surface area contributed by atoms with E-state index in [1.54, 1.807) is 7.11 Å². The first-order valence-electron chi connectivity index (χ1n) is 4.56. The van der Waals surface area contributed by atoms with Gasteiger partial charge in [0, 0.05) is 25.3 Å². The Kier molecular flexibility index (Phi) is 4.26. The number of nitriles is 1. The molecule has 0 aliphatic rings. The van der Waals surface area contributed by atoms with Crippen LogP contribution in [0.1, 0.15) is 0 Å². The molecule has 0 heterocycles. The summed E-state index contributed by atoms with van der Waals surface area (Å²) in [5.41, 5.74) is 0.982. The standard InChI is InChI=1S/C11H13ClN2O/c1-14(8-9(12)7-13)10-4-3-5-11(6-10)15-2/h3-6,9H,8H2,1-2H3. The summed E-state index contributed by atoms with van der Waals surface area (Å²) in [5.74, 6) is 0.794. The minimum Gasteiger partial charge on any atom is -0.497 e. The molecule has 1 atom stereocenters. The number of hydrogen-bond acceptors (Lipinski definition) is 3. The van der Waals surface area contributed by atoms with Crippen LogP contribution in [0.3, 0.4) is 0 Å². The van der Waals surface area contributed by atoms with Crippen LogP contribution in [-0.4, -0.2) is 26.1 Å². The molecule has 1 unspecified atom stereocenters. The molecule has 0 bridgehead atoms. The number of halogens is 1. The van der Waals surface area contributed by atoms with Gasteiger partial charge in [0.05, 0.1) is 13.2 Å². The fraction of sp³-hybridized carbons (Fsp3) is 0.364. The lowest BCUT2D eigenvalue weighted by atomic mass is 10.2. The van der Waals surface area contributed by atoms with E-state index in [0.29, 0.717) is 6.54 Å². The van der Waals surface area contributed by atoms with Crippen LogP contribution in [0.25, 0.3) is 0 Å². The van der Waals surface area contributed by atoms with Crippen molar-refractivity contribution in [2.45, 2.75) is 5.38 Å². The van der Waals surface area contributed by atoms with Crippen molar-refractivity contribution in [2.24, 2.45) is 0 Å². The Balaban J connectivity index is 2.73. The van der Waals surface area contributed by atoms with Gasteiger partial charge in [-0.25, -0.2) is 0 Å². The lowest BCUT2D eigenvalue weighted by molar-refractivity contribution is 0.415. The van der Waals surface area contributed by atoms with E-state index in [9.17, 15) is 0 Å². The molecule has 1 aromatic rings. The third-order valence-corrected chi connectivity index (χ3v) is 2.30. The Morgan fingerprint density at radius 3 is 2.93 bits per heavy atom. The van der Waals surface area contributed by atoms with Gasteiger partial charge >= 0.3 is 0 Å². The van der Waals surface area contributed by atoms with E-state index in [1.807, 2.05) is 42.3 Å². The molecule has 0 spiro atoms. The average Bonchev–Trinajstić information content (AvgIpc) is 2.28. The van der Waals surface area contributed by atoms with Crippen molar-refractivity contribution in [3.05, 3.63) is 24.3 Å². The summed E-state index contributed by atoms with van der Waals surface area (Å²) in [6, 6.07) is 9.62. The van der Waals surface area contributed by atoms with E-state index in [1.165, 1.54) is 0 Å². The predicted molar refractivity (Wildman–Crippen MR) is 61.5 cm³/mol. The minimum absolute atomic E-state index is 0.491. The van der Waals surface area contributed by atoms with E-state index >= 15 is 0 Å². The van der Waals surface area contributed by atoms with Crippen LogP contribution < -0.4 is 9.64 Å². The summed E-state index contributed by atoms with van der Waals surface area (Å²) in [6.45, 7) is 0.491. The van der Waals surface area contributed by atoms with Gasteiger partial charge in [-0.05, 0) is 12.1 Å². The molecule has 1 aromatic carbocycles. The maximum absolute atomic E-state index is 8.60. The van der Waals surface area contributed by atoms with E-state index in [2.05, 4.69) is 0 Å². The summed E-state index contributed by atoms with van der Waals surface area (Å²) in [5, 5.41) is 8.10. The lowest BCUT2D eigenvalue weighted by Crippen LogP contribution is -2.24. The molecule has 3 nitrogen and oxygen atoms in total. The topological polar surface area (TPSA) is 36.3 Å². The minimum atomic E-state index is -0.499. The van der Waals surface area contributed by atoms with Gasteiger partial charge in [-0.3, -0.25) is 0 Å². The molecule has 0 aliphatic carbocycles. The largest absolute Gasteiger partial charge is 0.497 e. The number of ether oxygens (including phenoxy) is 1. The fourth-order valence-electron chi connectivity index (χ4n) is 1.23. The van der Waals surface area contributed by atoms with Crippen molar-refractivity contribution < 1.29 is 4.74 Å². The van der Waals surface area contributed by atoms with Gasteiger partial charge in [0.25, 0.3) is 0 Å². The van der Waals surface area contributed by atoms with Gasteiger partial charge in [0.2, 0.25) is 0 Å². The molecule has 1 rings (SSSR count). The van der Waals surface area contributed by atoms with Crippen molar-refractivity contribution in [3.63, 3.8) is 0 Å². The Morgan fingerprint density at radius 1 is 1.60 bits per heavy atom. The molecular weight excluding hydrogens is 212 g/mol. The second-order valence-electron chi connectivity index (χ2n) is 3.18. The van der Waals surface area contributed by atoms with Crippen LogP contribution in [0.5, 0.6) is 5.75 Å². The van der Waals surface area contributed by atoms with Crippen LogP contribution in [0.2, 0.25) is 0 Å². The monoisotopic (exact) mass is 224 g/mol. The maximum atomic E-state index is 8.60. The van der Waals surface area contributed by atoms with Crippen molar-refractivity contribution in [1.82, 2.24) is 0 Å². The molecule has 0 N–H and O–H groups in total. The van der Waals surface area contributed by atoms with Gasteiger partial charge in [0.15, 0.2) is 0 Å². The van der Waals surface area contributed by atoms with Crippen LogP contribution in [0.4, 0.5) is 5.69 Å². The normalized spacial score (nSPS) is 11.6. The molecule has 0 radical (unpaired) electrons. The summed E-state index contributed by atoms with van der Waals surface area (Å²) >= 11 is 5.75. The Morgan fingerprint density at radius 2 is 2.33 bits per heavy atom. The van der Waals surface area contributed by atoms with Crippen molar-refractivity contribution in [3.8, 4) is 11.8 Å². The molecule has 0 aliphatic heterocycles. The number of hydrogen-bond donors (Lipinski definition) is 0. The number of benzene rings is 1. The van der Waals surface area contributed by atoms with Gasteiger partial charge in [0.1, 0.15) is 11.1 Å². The van der Waals surface area contributed by atoms with Gasteiger partial charge in [-0.2, -0.15) is 5.26 Å². The fourth-order valence-corrected chi connectivity index (χ4v) is 1.44. The third-order valence-electron chi connectivity index (χ3n) is 2.07. The van der Waals surface area contributed by atoms with Gasteiger partial charge in [-0.1, -0.05) is 6.07 Å². The summed E-state index contributed by atoms with van der Waals surface area (Å²) in [6.07, 6.45) is 0. The first kappa shape index (κ1) is 11.7. The van der Waals surface area contributed by atoms with Gasteiger partial charge < -0.3 is 9.64 Å². The highest BCUT2D eigenvalue weighted by Gasteiger charge is 2.08. The number of anilines is 1. The molecule has 0 aromatic heterocycles. The zero-order chi connectivity index (χ0) is 11.3. The molecule has 4 heteroatoms. The Bertz CT molecular complexity index is 362. The van der Waals surface area contributed by atoms with Crippen LogP contribution >= 0.6 is 11.6 Å². The predicted octanol–water partition coefficient (Wildman–Crippen LogP) is 2.26. The highest BCUT2D eigenvalue weighted by molar-refractivity contribution is 6.22. The van der Waals surface area contributed by atoms with Crippen LogP contribution in [-0.2, 0) is 0 Å².